The van der Waals surface area contributed by atoms with E-state index in [2.05, 4.69) is 34.2 Å². The number of amides is 1. The molecule has 0 radical (unpaired) electrons. The van der Waals surface area contributed by atoms with Crippen LogP contribution in [0.1, 0.15) is 51.6 Å². The van der Waals surface area contributed by atoms with Crippen LogP contribution >= 0.6 is 0 Å². The maximum atomic E-state index is 13.3. The van der Waals surface area contributed by atoms with Crippen LogP contribution in [0.4, 0.5) is 0 Å². The Bertz CT molecular complexity index is 518. The van der Waals surface area contributed by atoms with Crippen LogP contribution in [-0.2, 0) is 9.53 Å². The molecule has 2 heterocycles. The average Bonchev–Trinajstić information content (AvgIpc) is 2.77. The average molecular weight is 392 g/mol. The van der Waals surface area contributed by atoms with Crippen molar-refractivity contribution in [2.45, 2.75) is 46.1 Å². The number of nitrogens with zero attached hydrogens (tertiary/aromatic N) is 2. The van der Waals surface area contributed by atoms with Gasteiger partial charge in [-0.1, -0.05) is 57.5 Å². The maximum Gasteiger partial charge on any atom is 0.244 e. The standard InChI is InChI=1S/C19H28N2O2.C2H7N.C2H6/c1-2-16-7-6-10-21(15-16)19(22)18(17-8-4-3-5-9-17)20-11-13-23-14-12-20;1-3-2;1-2/h3-5,8-9,16,18H,2,6-7,10-15H2,1H3;3H,1-2H3;1-2H3/t16-,18?;;/m0../s1. The summed E-state index contributed by atoms with van der Waals surface area (Å²) < 4.78 is 5.48. The van der Waals surface area contributed by atoms with E-state index in [4.69, 9.17) is 4.74 Å². The van der Waals surface area contributed by atoms with Gasteiger partial charge < -0.3 is 15.0 Å². The number of likely N-dealkylation sites (tertiary alicyclic amines) is 1. The van der Waals surface area contributed by atoms with Crippen LogP contribution in [0.3, 0.4) is 0 Å². The van der Waals surface area contributed by atoms with Gasteiger partial charge in [0.15, 0.2) is 0 Å². The normalized spacial score (nSPS) is 20.9. The molecule has 160 valence electrons. The lowest BCUT2D eigenvalue weighted by Crippen LogP contribution is -2.49. The second kappa shape index (κ2) is 14.6. The van der Waals surface area contributed by atoms with Gasteiger partial charge in [0.25, 0.3) is 0 Å². The van der Waals surface area contributed by atoms with Crippen LogP contribution in [-0.4, -0.2) is 69.2 Å². The number of ether oxygens (including phenoxy) is 1. The van der Waals surface area contributed by atoms with Gasteiger partial charge in [-0.3, -0.25) is 9.69 Å². The first-order valence-electron chi connectivity index (χ1n) is 10.9. The number of benzene rings is 1. The van der Waals surface area contributed by atoms with Gasteiger partial charge in [0.2, 0.25) is 5.91 Å². The SMILES string of the molecule is CC.CC[C@H]1CCCN(C(=O)C(c2ccccc2)N2CCOCC2)C1.CNC. The van der Waals surface area contributed by atoms with Crippen molar-refractivity contribution in [1.29, 1.82) is 0 Å². The zero-order valence-electron chi connectivity index (χ0n) is 18.6. The van der Waals surface area contributed by atoms with E-state index in [1.807, 2.05) is 46.1 Å². The Morgan fingerprint density at radius 2 is 1.75 bits per heavy atom. The van der Waals surface area contributed by atoms with Crippen molar-refractivity contribution in [2.75, 3.05) is 53.5 Å². The zero-order chi connectivity index (χ0) is 20.8. The highest BCUT2D eigenvalue weighted by Gasteiger charge is 2.34. The minimum Gasteiger partial charge on any atom is -0.379 e. The molecule has 1 aromatic rings. The fraction of sp³-hybridized carbons (Fsp3) is 0.696. The molecule has 0 bridgehead atoms. The fourth-order valence-corrected chi connectivity index (χ4v) is 3.75. The number of hydrogen-bond donors (Lipinski definition) is 1. The van der Waals surface area contributed by atoms with E-state index in [0.717, 1.165) is 44.6 Å². The van der Waals surface area contributed by atoms with Gasteiger partial charge in [-0.25, -0.2) is 0 Å². The van der Waals surface area contributed by atoms with E-state index < -0.39 is 0 Å². The molecular formula is C23H41N3O2. The predicted molar refractivity (Wildman–Crippen MR) is 118 cm³/mol. The molecule has 0 spiro atoms. The number of nitrogens with one attached hydrogen (secondary N) is 1. The molecule has 2 fully saturated rings. The highest BCUT2D eigenvalue weighted by molar-refractivity contribution is 5.83. The third-order valence-electron chi connectivity index (χ3n) is 5.17. The number of carbonyl (C=O) groups excluding carboxylic acids is 1. The largest absolute Gasteiger partial charge is 0.379 e. The molecule has 2 aliphatic rings. The van der Waals surface area contributed by atoms with Crippen molar-refractivity contribution < 1.29 is 9.53 Å². The fourth-order valence-electron chi connectivity index (χ4n) is 3.75. The van der Waals surface area contributed by atoms with Gasteiger partial charge in [-0.2, -0.15) is 0 Å². The zero-order valence-corrected chi connectivity index (χ0v) is 18.6. The summed E-state index contributed by atoms with van der Waals surface area (Å²) in [7, 11) is 3.75. The first kappa shape index (κ1) is 24.6. The van der Waals surface area contributed by atoms with E-state index in [1.165, 1.54) is 6.42 Å². The topological polar surface area (TPSA) is 44.8 Å². The summed E-state index contributed by atoms with van der Waals surface area (Å²) >= 11 is 0. The molecule has 2 aliphatic heterocycles. The maximum absolute atomic E-state index is 13.3. The van der Waals surface area contributed by atoms with Gasteiger partial charge in [0.1, 0.15) is 6.04 Å². The van der Waals surface area contributed by atoms with Crippen molar-refractivity contribution in [3.8, 4) is 0 Å². The van der Waals surface area contributed by atoms with Crippen LogP contribution in [0, 0.1) is 5.92 Å². The summed E-state index contributed by atoms with van der Waals surface area (Å²) in [5, 5.41) is 2.75. The molecule has 0 saturated carbocycles. The minimum atomic E-state index is -0.157. The van der Waals surface area contributed by atoms with E-state index in [0.29, 0.717) is 19.1 Å². The molecule has 1 amide bonds. The summed E-state index contributed by atoms with van der Waals surface area (Å²) in [5.41, 5.74) is 1.11. The Labute approximate surface area is 172 Å². The molecule has 1 unspecified atom stereocenters. The van der Waals surface area contributed by atoms with Crippen molar-refractivity contribution in [2.24, 2.45) is 5.92 Å². The Hall–Kier alpha value is -1.43. The number of morpholine rings is 1. The van der Waals surface area contributed by atoms with E-state index in [1.54, 1.807) is 0 Å². The van der Waals surface area contributed by atoms with Crippen molar-refractivity contribution >= 4 is 5.91 Å². The van der Waals surface area contributed by atoms with Crippen LogP contribution < -0.4 is 5.32 Å². The molecular weight excluding hydrogens is 350 g/mol. The predicted octanol–water partition coefficient (Wildman–Crippen LogP) is 3.57. The Kier molecular flexibility index (Phi) is 12.8. The highest BCUT2D eigenvalue weighted by atomic mass is 16.5. The second-order valence-corrected chi connectivity index (χ2v) is 7.16. The van der Waals surface area contributed by atoms with Crippen molar-refractivity contribution in [3.63, 3.8) is 0 Å². The number of piperidine rings is 1. The molecule has 5 nitrogen and oxygen atoms in total. The third kappa shape index (κ3) is 7.53. The molecule has 5 heteroatoms. The molecule has 1 N–H and O–H groups in total. The molecule has 0 aliphatic carbocycles. The highest BCUT2D eigenvalue weighted by Crippen LogP contribution is 2.27. The van der Waals surface area contributed by atoms with Crippen LogP contribution in [0.5, 0.6) is 0 Å². The number of carbonyl (C=O) groups is 1. The third-order valence-corrected chi connectivity index (χ3v) is 5.17. The first-order chi connectivity index (χ1) is 13.7. The molecule has 1 aromatic carbocycles. The van der Waals surface area contributed by atoms with Gasteiger partial charge in [-0.05, 0) is 38.4 Å². The van der Waals surface area contributed by atoms with Crippen LogP contribution in [0.15, 0.2) is 30.3 Å². The molecule has 3 rings (SSSR count). The summed E-state index contributed by atoms with van der Waals surface area (Å²) in [6, 6.07) is 10.1. The van der Waals surface area contributed by atoms with Gasteiger partial charge >= 0.3 is 0 Å². The van der Waals surface area contributed by atoms with Gasteiger partial charge in [0, 0.05) is 26.2 Å². The van der Waals surface area contributed by atoms with Crippen LogP contribution in [0.2, 0.25) is 0 Å². The van der Waals surface area contributed by atoms with Crippen molar-refractivity contribution in [3.05, 3.63) is 35.9 Å². The van der Waals surface area contributed by atoms with Gasteiger partial charge in [0.05, 0.1) is 13.2 Å². The van der Waals surface area contributed by atoms with E-state index >= 15 is 0 Å². The Morgan fingerprint density at radius 3 is 2.32 bits per heavy atom. The lowest BCUT2D eigenvalue weighted by atomic mass is 9.94. The van der Waals surface area contributed by atoms with Crippen LogP contribution in [0.25, 0.3) is 0 Å². The molecule has 28 heavy (non-hydrogen) atoms. The molecule has 2 atom stereocenters. The summed E-state index contributed by atoms with van der Waals surface area (Å²) in [6.07, 6.45) is 3.56. The summed E-state index contributed by atoms with van der Waals surface area (Å²) in [5.74, 6) is 0.935. The smallest absolute Gasteiger partial charge is 0.244 e. The number of hydrogen-bond acceptors (Lipinski definition) is 4. The number of rotatable bonds is 4. The monoisotopic (exact) mass is 391 g/mol. The van der Waals surface area contributed by atoms with E-state index in [9.17, 15) is 4.79 Å². The molecule has 2 saturated heterocycles. The lowest BCUT2D eigenvalue weighted by Gasteiger charge is -2.39. The Balaban J connectivity index is 0.000000717. The lowest BCUT2D eigenvalue weighted by molar-refractivity contribution is -0.141. The summed E-state index contributed by atoms with van der Waals surface area (Å²) in [6.45, 7) is 11.1. The Morgan fingerprint density at radius 1 is 1.14 bits per heavy atom. The summed E-state index contributed by atoms with van der Waals surface area (Å²) in [4.78, 5) is 17.7. The van der Waals surface area contributed by atoms with Gasteiger partial charge in [-0.15, -0.1) is 0 Å². The minimum absolute atomic E-state index is 0.157. The first-order valence-corrected chi connectivity index (χ1v) is 10.9. The second-order valence-electron chi connectivity index (χ2n) is 7.16. The van der Waals surface area contributed by atoms with Crippen molar-refractivity contribution in [1.82, 2.24) is 15.1 Å². The van der Waals surface area contributed by atoms with E-state index in [-0.39, 0.29) is 11.9 Å². The molecule has 0 aromatic heterocycles. The quantitative estimate of drug-likeness (QED) is 0.852.